The summed E-state index contributed by atoms with van der Waals surface area (Å²) < 4.78 is 27.0. The number of hydrogen-bond donors (Lipinski definition) is 1. The van der Waals surface area contributed by atoms with Crippen molar-refractivity contribution in [2.75, 3.05) is 18.5 Å². The summed E-state index contributed by atoms with van der Waals surface area (Å²) in [5.74, 6) is 0. The zero-order valence-corrected chi connectivity index (χ0v) is 17.4. The van der Waals surface area contributed by atoms with Crippen LogP contribution in [0.3, 0.4) is 0 Å². The van der Waals surface area contributed by atoms with Gasteiger partial charge in [-0.3, -0.25) is 15.5 Å². The Morgan fingerprint density at radius 2 is 1.79 bits per heavy atom. The van der Waals surface area contributed by atoms with Gasteiger partial charge in [0.25, 0.3) is 5.69 Å². The van der Waals surface area contributed by atoms with Crippen LogP contribution >= 0.6 is 23.2 Å². The average Bonchev–Trinajstić information content (AvgIpc) is 2.64. The van der Waals surface area contributed by atoms with E-state index in [1.807, 2.05) is 0 Å². The van der Waals surface area contributed by atoms with Crippen LogP contribution in [0.1, 0.15) is 19.4 Å². The second-order valence-electron chi connectivity index (χ2n) is 5.53. The minimum Gasteiger partial charge on any atom is -0.277 e. The fourth-order valence-corrected chi connectivity index (χ4v) is 4.55. The van der Waals surface area contributed by atoms with Gasteiger partial charge in [0.2, 0.25) is 10.0 Å². The summed E-state index contributed by atoms with van der Waals surface area (Å²) in [5, 5.41) is 15.8. The predicted molar refractivity (Wildman–Crippen MR) is 111 cm³/mol. The van der Waals surface area contributed by atoms with Crippen molar-refractivity contribution in [1.82, 2.24) is 4.31 Å². The summed E-state index contributed by atoms with van der Waals surface area (Å²) in [6.45, 7) is 3.81. The Bertz CT molecular complexity index is 988. The van der Waals surface area contributed by atoms with E-state index >= 15 is 0 Å². The van der Waals surface area contributed by atoms with Crippen molar-refractivity contribution in [2.45, 2.75) is 18.7 Å². The zero-order chi connectivity index (χ0) is 20.9. The fourth-order valence-electron chi connectivity index (χ4n) is 2.43. The van der Waals surface area contributed by atoms with Gasteiger partial charge in [0.1, 0.15) is 4.90 Å². The largest absolute Gasteiger partial charge is 0.277 e. The first-order valence-electron chi connectivity index (χ1n) is 8.24. The number of non-ortho nitro benzene ring substituents is 1. The molecule has 2 rings (SSSR count). The van der Waals surface area contributed by atoms with Crippen molar-refractivity contribution in [1.29, 1.82) is 0 Å². The van der Waals surface area contributed by atoms with Gasteiger partial charge in [-0.15, -0.1) is 0 Å². The molecule has 150 valence electrons. The maximum Gasteiger partial charge on any atom is 0.270 e. The highest BCUT2D eigenvalue weighted by Crippen LogP contribution is 2.29. The van der Waals surface area contributed by atoms with Crippen molar-refractivity contribution in [3.63, 3.8) is 0 Å². The lowest BCUT2D eigenvalue weighted by atomic mass is 10.2. The quantitative estimate of drug-likeness (QED) is 0.369. The van der Waals surface area contributed by atoms with Crippen LogP contribution in [0.5, 0.6) is 0 Å². The van der Waals surface area contributed by atoms with Crippen molar-refractivity contribution < 1.29 is 13.3 Å². The molecule has 11 heteroatoms. The number of hydrogen-bond acceptors (Lipinski definition) is 6. The summed E-state index contributed by atoms with van der Waals surface area (Å²) in [4.78, 5) is 10.2. The molecule has 28 heavy (non-hydrogen) atoms. The van der Waals surface area contributed by atoms with Crippen molar-refractivity contribution >= 4 is 50.8 Å². The summed E-state index contributed by atoms with van der Waals surface area (Å²) in [6.07, 6.45) is 1.35. The lowest BCUT2D eigenvalue weighted by Gasteiger charge is -2.20. The molecule has 0 aromatic heterocycles. The van der Waals surface area contributed by atoms with E-state index in [0.29, 0.717) is 15.6 Å². The van der Waals surface area contributed by atoms with Crippen LogP contribution in [-0.4, -0.2) is 37.0 Å². The maximum atomic E-state index is 12.9. The first-order valence-corrected chi connectivity index (χ1v) is 10.4. The highest BCUT2D eigenvalue weighted by Gasteiger charge is 2.27. The third-order valence-electron chi connectivity index (χ3n) is 3.88. The first kappa shape index (κ1) is 22.1. The number of benzene rings is 2. The van der Waals surface area contributed by atoms with Crippen LogP contribution in [0.15, 0.2) is 46.4 Å². The number of nitro groups is 1. The molecule has 0 atom stereocenters. The monoisotopic (exact) mass is 444 g/mol. The Morgan fingerprint density at radius 1 is 1.18 bits per heavy atom. The van der Waals surface area contributed by atoms with E-state index in [1.165, 1.54) is 22.7 Å². The minimum atomic E-state index is -3.96. The van der Waals surface area contributed by atoms with E-state index in [1.54, 1.807) is 32.0 Å². The van der Waals surface area contributed by atoms with Gasteiger partial charge in [0.15, 0.2) is 0 Å². The van der Waals surface area contributed by atoms with Crippen molar-refractivity contribution in [3.05, 3.63) is 62.1 Å². The van der Waals surface area contributed by atoms with E-state index in [4.69, 9.17) is 23.2 Å². The van der Waals surface area contributed by atoms with Crippen LogP contribution in [0.25, 0.3) is 0 Å². The van der Waals surface area contributed by atoms with Gasteiger partial charge in [0.05, 0.1) is 26.9 Å². The van der Waals surface area contributed by atoms with Gasteiger partial charge in [-0.25, -0.2) is 8.42 Å². The van der Waals surface area contributed by atoms with Crippen LogP contribution < -0.4 is 5.43 Å². The predicted octanol–water partition coefficient (Wildman–Crippen LogP) is 4.38. The second-order valence-corrected chi connectivity index (χ2v) is 8.25. The van der Waals surface area contributed by atoms with Gasteiger partial charge in [-0.1, -0.05) is 43.1 Å². The minimum absolute atomic E-state index is 0.0944. The number of nitrogens with zero attached hydrogens (tertiary/aromatic N) is 3. The fraction of sp³-hybridized carbons (Fsp3) is 0.235. The molecule has 0 fully saturated rings. The molecule has 0 aliphatic rings. The van der Waals surface area contributed by atoms with E-state index < -0.39 is 14.9 Å². The van der Waals surface area contributed by atoms with Crippen molar-refractivity contribution in [2.24, 2.45) is 5.10 Å². The topological polar surface area (TPSA) is 105 Å². The molecular formula is C17H18Cl2N4O4S. The summed E-state index contributed by atoms with van der Waals surface area (Å²) in [5.41, 5.74) is 2.82. The third kappa shape index (κ3) is 4.79. The summed E-state index contributed by atoms with van der Waals surface area (Å²) in [6, 6.07) is 8.45. The Balaban J connectivity index is 2.47. The number of nitrogens with one attached hydrogen (secondary N) is 1. The van der Waals surface area contributed by atoms with Crippen LogP contribution in [0.4, 0.5) is 11.4 Å². The number of nitro benzene ring substituents is 1. The molecule has 8 nitrogen and oxygen atoms in total. The SMILES string of the molecule is CCN(CC)S(=O)(=O)c1cc([N+](=O)[O-])ccc1N/N=C\c1c(Cl)cccc1Cl. The smallest absolute Gasteiger partial charge is 0.270 e. The van der Waals surface area contributed by atoms with Crippen molar-refractivity contribution in [3.8, 4) is 0 Å². The number of sulfonamides is 1. The molecule has 0 radical (unpaired) electrons. The molecule has 0 aliphatic carbocycles. The number of halogens is 2. The molecule has 0 heterocycles. The zero-order valence-electron chi connectivity index (χ0n) is 15.1. The van der Waals surface area contributed by atoms with Gasteiger partial charge >= 0.3 is 0 Å². The number of hydrazone groups is 1. The molecule has 0 aliphatic heterocycles. The Hall–Kier alpha value is -2.20. The van der Waals surface area contributed by atoms with E-state index in [0.717, 1.165) is 6.07 Å². The molecule has 2 aromatic carbocycles. The molecule has 0 spiro atoms. The average molecular weight is 445 g/mol. The van der Waals surface area contributed by atoms with E-state index in [-0.39, 0.29) is 29.4 Å². The molecule has 0 bridgehead atoms. The van der Waals surface area contributed by atoms with E-state index in [9.17, 15) is 18.5 Å². The van der Waals surface area contributed by atoms with Crippen LogP contribution in [0, 0.1) is 10.1 Å². The highest BCUT2D eigenvalue weighted by atomic mass is 35.5. The van der Waals surface area contributed by atoms with Gasteiger partial charge in [-0.05, 0) is 18.2 Å². The Labute approximate surface area is 173 Å². The highest BCUT2D eigenvalue weighted by molar-refractivity contribution is 7.89. The molecule has 2 aromatic rings. The maximum absolute atomic E-state index is 12.9. The van der Waals surface area contributed by atoms with Crippen LogP contribution in [0.2, 0.25) is 10.0 Å². The van der Waals surface area contributed by atoms with Crippen LogP contribution in [-0.2, 0) is 10.0 Å². The lowest BCUT2D eigenvalue weighted by Crippen LogP contribution is -2.31. The number of anilines is 1. The Kier molecular flexibility index (Phi) is 7.36. The Morgan fingerprint density at radius 3 is 2.32 bits per heavy atom. The molecular weight excluding hydrogens is 427 g/mol. The molecule has 0 amide bonds. The molecule has 0 saturated carbocycles. The molecule has 0 unspecified atom stereocenters. The molecule has 0 saturated heterocycles. The lowest BCUT2D eigenvalue weighted by molar-refractivity contribution is -0.385. The third-order valence-corrected chi connectivity index (χ3v) is 6.63. The van der Waals surface area contributed by atoms with Gasteiger partial charge in [0, 0.05) is 30.8 Å². The first-order chi connectivity index (χ1) is 13.2. The number of rotatable bonds is 8. The van der Waals surface area contributed by atoms with Gasteiger partial charge < -0.3 is 0 Å². The van der Waals surface area contributed by atoms with Gasteiger partial charge in [-0.2, -0.15) is 9.41 Å². The normalized spacial score (nSPS) is 11.9. The second kappa shape index (κ2) is 9.33. The summed E-state index contributed by atoms with van der Waals surface area (Å²) in [7, 11) is -3.96. The summed E-state index contributed by atoms with van der Waals surface area (Å²) >= 11 is 12.1. The van der Waals surface area contributed by atoms with E-state index in [2.05, 4.69) is 10.5 Å². The molecule has 1 N–H and O–H groups in total. The standard InChI is InChI=1S/C17H18Cl2N4O4S/c1-3-22(4-2)28(26,27)17-10-12(23(24)25)8-9-16(17)21-20-11-13-14(18)6-5-7-15(13)19/h5-11,21H,3-4H2,1-2H3/b20-11-.